The molecule has 0 unspecified atom stereocenters. The third-order valence-corrected chi connectivity index (χ3v) is 8.68. The maximum Gasteiger partial charge on any atom is 0.341 e. The highest BCUT2D eigenvalue weighted by molar-refractivity contribution is 8.13. The van der Waals surface area contributed by atoms with Crippen LogP contribution in [0.4, 0.5) is 0 Å². The van der Waals surface area contributed by atoms with Gasteiger partial charge in [-0.1, -0.05) is 41.7 Å². The zero-order valence-electron chi connectivity index (χ0n) is 14.1. The summed E-state index contributed by atoms with van der Waals surface area (Å²) in [6.45, 7) is 2.80. The third-order valence-electron chi connectivity index (χ3n) is 3.19. The highest BCUT2D eigenvalue weighted by Gasteiger charge is 2.43. The first-order valence-corrected chi connectivity index (χ1v) is 12.6. The fourth-order valence-electron chi connectivity index (χ4n) is 2.14. The molecule has 0 saturated heterocycles. The van der Waals surface area contributed by atoms with Gasteiger partial charge in [-0.05, 0) is 23.1 Å². The molecule has 146 valence electrons. The topological polar surface area (TPSA) is 149 Å². The Morgan fingerprint density at radius 2 is 1.19 bits per heavy atom. The SMILES string of the molecule is CC(=O)SCc1cc(CSC(C)=O)cc(CC(P(=O)(O)O)P(=O)(O)O)c1. The van der Waals surface area contributed by atoms with E-state index in [4.69, 9.17) is 0 Å². The maximum atomic E-state index is 11.5. The first-order chi connectivity index (χ1) is 11.8. The molecule has 1 aromatic rings. The van der Waals surface area contributed by atoms with E-state index in [2.05, 4.69) is 0 Å². The van der Waals surface area contributed by atoms with Crippen molar-refractivity contribution in [2.24, 2.45) is 0 Å². The first-order valence-electron chi connectivity index (χ1n) is 7.28. The van der Waals surface area contributed by atoms with Crippen LogP contribution in [0.15, 0.2) is 18.2 Å². The fourth-order valence-corrected chi connectivity index (χ4v) is 5.68. The van der Waals surface area contributed by atoms with Crippen molar-refractivity contribution in [3.8, 4) is 0 Å². The van der Waals surface area contributed by atoms with Crippen molar-refractivity contribution in [1.29, 1.82) is 0 Å². The van der Waals surface area contributed by atoms with Crippen LogP contribution >= 0.6 is 38.7 Å². The van der Waals surface area contributed by atoms with E-state index in [1.165, 1.54) is 13.8 Å². The van der Waals surface area contributed by atoms with Crippen molar-refractivity contribution in [2.75, 3.05) is 0 Å². The summed E-state index contributed by atoms with van der Waals surface area (Å²) in [5.41, 5.74) is 1.65. The van der Waals surface area contributed by atoms with Crippen molar-refractivity contribution in [2.45, 2.75) is 37.2 Å². The Balaban J connectivity index is 3.21. The third kappa shape index (κ3) is 8.50. The molecule has 0 aliphatic carbocycles. The van der Waals surface area contributed by atoms with Gasteiger partial charge in [0.25, 0.3) is 0 Å². The molecule has 0 fully saturated rings. The molecule has 0 aromatic heterocycles. The van der Waals surface area contributed by atoms with Crippen LogP contribution in [0.3, 0.4) is 0 Å². The lowest BCUT2D eigenvalue weighted by molar-refractivity contribution is -0.109. The Morgan fingerprint density at radius 1 is 0.846 bits per heavy atom. The number of carbonyl (C=O) groups is 2. The average molecular weight is 442 g/mol. The monoisotopic (exact) mass is 442 g/mol. The summed E-state index contributed by atoms with van der Waals surface area (Å²) in [4.78, 5) is 59.4. The molecule has 8 nitrogen and oxygen atoms in total. The van der Waals surface area contributed by atoms with E-state index >= 15 is 0 Å². The number of benzene rings is 1. The summed E-state index contributed by atoms with van der Waals surface area (Å²) in [7, 11) is -10.1. The van der Waals surface area contributed by atoms with E-state index in [9.17, 15) is 38.3 Å². The zero-order valence-corrected chi connectivity index (χ0v) is 17.5. The van der Waals surface area contributed by atoms with E-state index in [1.54, 1.807) is 18.2 Å². The van der Waals surface area contributed by atoms with Crippen LogP contribution < -0.4 is 0 Å². The molecule has 0 atom stereocenters. The standard InChI is InChI=1S/C14H20O8P2S2/c1-9(15)25-7-12-3-11(4-13(5-12)8-26-10(2)16)6-14(23(17,18)19)24(20,21)22/h3-5,14H,6-8H2,1-2H3,(H2,17,18,19)(H2,20,21,22). The first kappa shape index (κ1) is 23.6. The van der Waals surface area contributed by atoms with Gasteiger partial charge in [0.05, 0.1) is 0 Å². The summed E-state index contributed by atoms with van der Waals surface area (Å²) in [5.74, 6) is 0.606. The van der Waals surface area contributed by atoms with Crippen LogP contribution in [-0.2, 0) is 36.6 Å². The lowest BCUT2D eigenvalue weighted by atomic mass is 10.1. The van der Waals surface area contributed by atoms with Crippen molar-refractivity contribution >= 4 is 48.9 Å². The van der Waals surface area contributed by atoms with Crippen molar-refractivity contribution in [3.05, 3.63) is 34.9 Å². The lowest BCUT2D eigenvalue weighted by Crippen LogP contribution is -2.13. The van der Waals surface area contributed by atoms with Gasteiger partial charge in [0, 0.05) is 25.4 Å². The fraction of sp³-hybridized carbons (Fsp3) is 0.429. The Bertz CT molecular complexity index is 712. The molecule has 0 heterocycles. The van der Waals surface area contributed by atoms with Gasteiger partial charge < -0.3 is 19.6 Å². The summed E-state index contributed by atoms with van der Waals surface area (Å²) in [5, 5.41) is -2.37. The summed E-state index contributed by atoms with van der Waals surface area (Å²) >= 11 is 2.07. The van der Waals surface area contributed by atoms with E-state index in [0.717, 1.165) is 23.5 Å². The Morgan fingerprint density at radius 3 is 1.50 bits per heavy atom. The molecule has 0 radical (unpaired) electrons. The zero-order chi connectivity index (χ0) is 20.1. The van der Waals surface area contributed by atoms with Crippen LogP contribution in [0.5, 0.6) is 0 Å². The van der Waals surface area contributed by atoms with Crippen LogP contribution in [0.2, 0.25) is 0 Å². The number of carbonyl (C=O) groups excluding carboxylic acids is 2. The summed E-state index contributed by atoms with van der Waals surface area (Å²) < 4.78 is 23.0. The van der Waals surface area contributed by atoms with Crippen LogP contribution in [0, 0.1) is 0 Å². The second-order valence-electron chi connectivity index (χ2n) is 5.58. The van der Waals surface area contributed by atoms with Crippen LogP contribution in [-0.4, -0.2) is 35.2 Å². The van der Waals surface area contributed by atoms with Crippen molar-refractivity contribution in [3.63, 3.8) is 0 Å². The molecule has 12 heteroatoms. The van der Waals surface area contributed by atoms with Gasteiger partial charge in [-0.2, -0.15) is 0 Å². The molecule has 0 aliphatic heterocycles. The lowest BCUT2D eigenvalue weighted by Gasteiger charge is -2.20. The van der Waals surface area contributed by atoms with E-state index in [1.807, 2.05) is 0 Å². The van der Waals surface area contributed by atoms with Gasteiger partial charge in [0.2, 0.25) is 0 Å². The van der Waals surface area contributed by atoms with E-state index in [0.29, 0.717) is 28.2 Å². The quantitative estimate of drug-likeness (QED) is 0.442. The highest BCUT2D eigenvalue weighted by atomic mass is 32.2. The van der Waals surface area contributed by atoms with E-state index < -0.39 is 27.0 Å². The molecular formula is C14H20O8P2S2. The molecule has 0 spiro atoms. The normalized spacial score (nSPS) is 12.4. The van der Waals surface area contributed by atoms with Gasteiger partial charge in [-0.25, -0.2) is 0 Å². The smallest absolute Gasteiger partial charge is 0.324 e. The molecule has 4 N–H and O–H groups in total. The van der Waals surface area contributed by atoms with Gasteiger partial charge >= 0.3 is 15.2 Å². The summed E-state index contributed by atoms with van der Waals surface area (Å²) in [6.07, 6.45) is -0.523. The minimum atomic E-state index is -5.04. The molecule has 0 bridgehead atoms. The second-order valence-corrected chi connectivity index (χ2v) is 11.9. The Labute approximate surface area is 159 Å². The molecule has 0 aliphatic rings. The summed E-state index contributed by atoms with van der Waals surface area (Å²) in [6, 6.07) is 4.85. The minimum Gasteiger partial charge on any atom is -0.324 e. The average Bonchev–Trinajstić information content (AvgIpc) is 2.46. The molecule has 26 heavy (non-hydrogen) atoms. The maximum absolute atomic E-state index is 11.5. The van der Waals surface area contributed by atoms with Gasteiger partial charge in [-0.15, -0.1) is 0 Å². The predicted molar refractivity (Wildman–Crippen MR) is 102 cm³/mol. The van der Waals surface area contributed by atoms with E-state index in [-0.39, 0.29) is 10.2 Å². The van der Waals surface area contributed by atoms with Gasteiger partial charge in [-0.3, -0.25) is 18.7 Å². The number of hydrogen-bond donors (Lipinski definition) is 4. The Kier molecular flexibility index (Phi) is 8.77. The molecule has 0 amide bonds. The van der Waals surface area contributed by atoms with Crippen LogP contribution in [0.1, 0.15) is 30.5 Å². The number of rotatable bonds is 8. The molecule has 0 saturated carbocycles. The largest absolute Gasteiger partial charge is 0.341 e. The highest BCUT2D eigenvalue weighted by Crippen LogP contribution is 2.60. The molecule has 1 aromatic carbocycles. The van der Waals surface area contributed by atoms with Crippen molar-refractivity contribution < 1.29 is 38.3 Å². The van der Waals surface area contributed by atoms with Crippen molar-refractivity contribution in [1.82, 2.24) is 0 Å². The van der Waals surface area contributed by atoms with Gasteiger partial charge in [0.15, 0.2) is 15.6 Å². The molecule has 1 rings (SSSR count). The van der Waals surface area contributed by atoms with Gasteiger partial charge in [0.1, 0.15) is 0 Å². The molecular weight excluding hydrogens is 422 g/mol. The predicted octanol–water partition coefficient (Wildman–Crippen LogP) is 2.47. The second kappa shape index (κ2) is 9.66. The number of thioether (sulfide) groups is 2. The number of hydrogen-bond acceptors (Lipinski definition) is 6. The Hall–Kier alpha value is -0.440. The minimum absolute atomic E-state index is 0.113. The van der Waals surface area contributed by atoms with Crippen LogP contribution in [0.25, 0.3) is 0 Å².